The third-order valence-corrected chi connectivity index (χ3v) is 1.73. The Morgan fingerprint density at radius 1 is 1.62 bits per heavy atom. The molecule has 0 fully saturated rings. The van der Waals surface area contributed by atoms with Crippen molar-refractivity contribution in [2.24, 2.45) is 0 Å². The molecule has 0 saturated carbocycles. The van der Waals surface area contributed by atoms with Crippen molar-refractivity contribution < 1.29 is 9.90 Å². The van der Waals surface area contributed by atoms with Crippen molar-refractivity contribution in [1.29, 1.82) is 0 Å². The van der Waals surface area contributed by atoms with Crippen LogP contribution in [-0.2, 0) is 6.54 Å². The van der Waals surface area contributed by atoms with Crippen molar-refractivity contribution in [3.8, 4) is 0 Å². The van der Waals surface area contributed by atoms with Gasteiger partial charge >= 0.3 is 6.09 Å². The summed E-state index contributed by atoms with van der Waals surface area (Å²) in [7, 11) is 0. The number of carboxylic acid groups (broad SMARTS) is 1. The lowest BCUT2D eigenvalue weighted by atomic mass is 10.2. The standard InChI is InChI=1S/C9H12N2O2/c1-6-3-7(2)8(10-4-6)5-11-9(12)13/h3-4,11H,5H2,1-2H3,(H,12,13). The maximum Gasteiger partial charge on any atom is 0.404 e. The second-order valence-corrected chi connectivity index (χ2v) is 2.93. The highest BCUT2D eigenvalue weighted by molar-refractivity contribution is 5.64. The van der Waals surface area contributed by atoms with Crippen molar-refractivity contribution in [2.75, 3.05) is 0 Å². The van der Waals surface area contributed by atoms with Gasteiger partial charge in [-0.05, 0) is 25.0 Å². The van der Waals surface area contributed by atoms with E-state index in [0.29, 0.717) is 0 Å². The lowest BCUT2D eigenvalue weighted by Gasteiger charge is -2.04. The summed E-state index contributed by atoms with van der Waals surface area (Å²) in [6.07, 6.45) is 0.702. The van der Waals surface area contributed by atoms with Crippen molar-refractivity contribution in [3.05, 3.63) is 29.1 Å². The van der Waals surface area contributed by atoms with E-state index in [0.717, 1.165) is 16.8 Å². The number of nitrogens with one attached hydrogen (secondary N) is 1. The Hall–Kier alpha value is -1.58. The molecule has 0 aromatic carbocycles. The zero-order valence-electron chi connectivity index (χ0n) is 7.66. The number of pyridine rings is 1. The first-order valence-corrected chi connectivity index (χ1v) is 3.98. The molecule has 1 amide bonds. The molecule has 4 nitrogen and oxygen atoms in total. The van der Waals surface area contributed by atoms with Crippen LogP contribution in [0.5, 0.6) is 0 Å². The van der Waals surface area contributed by atoms with Gasteiger partial charge in [-0.2, -0.15) is 0 Å². The van der Waals surface area contributed by atoms with Crippen LogP contribution in [0, 0.1) is 13.8 Å². The lowest BCUT2D eigenvalue weighted by molar-refractivity contribution is 0.194. The first kappa shape index (κ1) is 9.51. The van der Waals surface area contributed by atoms with Gasteiger partial charge in [-0.15, -0.1) is 0 Å². The molecule has 4 heteroatoms. The molecule has 0 bridgehead atoms. The first-order chi connectivity index (χ1) is 6.09. The summed E-state index contributed by atoms with van der Waals surface area (Å²) in [6, 6.07) is 1.98. The summed E-state index contributed by atoms with van der Waals surface area (Å²) in [5.74, 6) is 0. The van der Waals surface area contributed by atoms with E-state index in [9.17, 15) is 4.79 Å². The molecule has 70 valence electrons. The van der Waals surface area contributed by atoms with Crippen LogP contribution in [0.25, 0.3) is 0 Å². The molecule has 0 saturated heterocycles. The number of rotatable bonds is 2. The molecule has 1 heterocycles. The van der Waals surface area contributed by atoms with E-state index >= 15 is 0 Å². The number of hydrogen-bond acceptors (Lipinski definition) is 2. The molecule has 2 N–H and O–H groups in total. The Labute approximate surface area is 76.6 Å². The van der Waals surface area contributed by atoms with E-state index < -0.39 is 6.09 Å². The maximum absolute atomic E-state index is 10.2. The van der Waals surface area contributed by atoms with E-state index in [1.807, 2.05) is 19.9 Å². The van der Waals surface area contributed by atoms with Crippen LogP contribution >= 0.6 is 0 Å². The molecule has 0 spiro atoms. The molecule has 0 radical (unpaired) electrons. The zero-order valence-corrected chi connectivity index (χ0v) is 7.66. The van der Waals surface area contributed by atoms with E-state index in [4.69, 9.17) is 5.11 Å². The Morgan fingerprint density at radius 3 is 2.85 bits per heavy atom. The van der Waals surface area contributed by atoms with Gasteiger partial charge in [-0.3, -0.25) is 4.98 Å². The summed E-state index contributed by atoms with van der Waals surface area (Å²) >= 11 is 0. The minimum Gasteiger partial charge on any atom is -0.465 e. The molecule has 0 aliphatic heterocycles. The molecular formula is C9H12N2O2. The van der Waals surface area contributed by atoms with Gasteiger partial charge in [0.25, 0.3) is 0 Å². The van der Waals surface area contributed by atoms with Crippen molar-refractivity contribution >= 4 is 6.09 Å². The summed E-state index contributed by atoms with van der Waals surface area (Å²) in [5.41, 5.74) is 2.86. The number of nitrogens with zero attached hydrogens (tertiary/aromatic N) is 1. The highest BCUT2D eigenvalue weighted by Gasteiger charge is 2.01. The summed E-state index contributed by atoms with van der Waals surface area (Å²) in [4.78, 5) is 14.3. The third kappa shape index (κ3) is 2.74. The molecule has 1 rings (SSSR count). The van der Waals surface area contributed by atoms with Crippen LogP contribution in [-0.4, -0.2) is 16.2 Å². The van der Waals surface area contributed by atoms with Crippen LogP contribution in [0.2, 0.25) is 0 Å². The van der Waals surface area contributed by atoms with Crippen molar-refractivity contribution in [3.63, 3.8) is 0 Å². The fourth-order valence-corrected chi connectivity index (χ4v) is 1.09. The van der Waals surface area contributed by atoms with Gasteiger partial charge in [-0.25, -0.2) is 4.79 Å². The van der Waals surface area contributed by atoms with Crippen molar-refractivity contribution in [2.45, 2.75) is 20.4 Å². The highest BCUT2D eigenvalue weighted by atomic mass is 16.4. The van der Waals surface area contributed by atoms with Gasteiger partial charge < -0.3 is 10.4 Å². The molecular weight excluding hydrogens is 168 g/mol. The molecule has 1 aromatic rings. The Kier molecular flexibility index (Phi) is 2.84. The van der Waals surface area contributed by atoms with Gasteiger partial charge in [-0.1, -0.05) is 6.07 Å². The highest BCUT2D eigenvalue weighted by Crippen LogP contribution is 2.06. The zero-order chi connectivity index (χ0) is 9.84. The summed E-state index contributed by atoms with van der Waals surface area (Å²) < 4.78 is 0. The van der Waals surface area contributed by atoms with E-state index in [1.165, 1.54) is 0 Å². The molecule has 1 aromatic heterocycles. The van der Waals surface area contributed by atoms with Crippen LogP contribution in [0.4, 0.5) is 4.79 Å². The normalized spacial score (nSPS) is 9.69. The molecule has 0 aliphatic rings. The summed E-state index contributed by atoms with van der Waals surface area (Å²) in [5, 5.41) is 10.7. The number of amides is 1. The number of aromatic nitrogens is 1. The van der Waals surface area contributed by atoms with Crippen LogP contribution in [0.1, 0.15) is 16.8 Å². The largest absolute Gasteiger partial charge is 0.465 e. The minimum atomic E-state index is -1.03. The average molecular weight is 180 g/mol. The molecule has 0 unspecified atom stereocenters. The average Bonchev–Trinajstić information content (AvgIpc) is 2.02. The van der Waals surface area contributed by atoms with Crippen LogP contribution in [0.3, 0.4) is 0 Å². The Balaban J connectivity index is 2.72. The topological polar surface area (TPSA) is 62.2 Å². The smallest absolute Gasteiger partial charge is 0.404 e. The summed E-state index contributed by atoms with van der Waals surface area (Å²) in [6.45, 7) is 4.13. The van der Waals surface area contributed by atoms with Gasteiger partial charge in [0.2, 0.25) is 0 Å². The fourth-order valence-electron chi connectivity index (χ4n) is 1.09. The van der Waals surface area contributed by atoms with Crippen molar-refractivity contribution in [1.82, 2.24) is 10.3 Å². The van der Waals surface area contributed by atoms with E-state index in [-0.39, 0.29) is 6.54 Å². The number of carbonyl (C=O) groups is 1. The van der Waals surface area contributed by atoms with Gasteiger partial charge in [0, 0.05) is 6.20 Å². The van der Waals surface area contributed by atoms with Crippen LogP contribution in [0.15, 0.2) is 12.3 Å². The molecule has 0 aliphatic carbocycles. The minimum absolute atomic E-state index is 0.265. The maximum atomic E-state index is 10.2. The predicted molar refractivity (Wildman–Crippen MR) is 48.6 cm³/mol. The predicted octanol–water partition coefficient (Wildman–Crippen LogP) is 1.47. The SMILES string of the molecule is Cc1cnc(CNC(=O)O)c(C)c1. The second kappa shape index (κ2) is 3.89. The number of aryl methyl sites for hydroxylation is 2. The lowest BCUT2D eigenvalue weighted by Crippen LogP contribution is -2.21. The van der Waals surface area contributed by atoms with E-state index in [1.54, 1.807) is 6.20 Å². The Morgan fingerprint density at radius 2 is 2.31 bits per heavy atom. The fraction of sp³-hybridized carbons (Fsp3) is 0.333. The molecule has 13 heavy (non-hydrogen) atoms. The van der Waals surface area contributed by atoms with Gasteiger partial charge in [0.1, 0.15) is 0 Å². The van der Waals surface area contributed by atoms with E-state index in [2.05, 4.69) is 10.3 Å². The monoisotopic (exact) mass is 180 g/mol. The molecule has 0 atom stereocenters. The Bertz CT molecular complexity index is 323. The first-order valence-electron chi connectivity index (χ1n) is 3.98. The quantitative estimate of drug-likeness (QED) is 0.724. The van der Waals surface area contributed by atoms with Gasteiger partial charge in [0.05, 0.1) is 12.2 Å². The van der Waals surface area contributed by atoms with Gasteiger partial charge in [0.15, 0.2) is 0 Å². The second-order valence-electron chi connectivity index (χ2n) is 2.93. The number of hydrogen-bond donors (Lipinski definition) is 2. The van der Waals surface area contributed by atoms with Crippen LogP contribution < -0.4 is 5.32 Å². The third-order valence-electron chi connectivity index (χ3n) is 1.73.